The van der Waals surface area contributed by atoms with Gasteiger partial charge in [0.1, 0.15) is 5.82 Å². The van der Waals surface area contributed by atoms with Crippen molar-refractivity contribution in [2.75, 3.05) is 4.90 Å². The Labute approximate surface area is 150 Å². The molecule has 1 amide bonds. The first-order chi connectivity index (χ1) is 11.8. The number of rotatable bonds is 2. The zero-order chi connectivity index (χ0) is 18.2. The maximum atomic E-state index is 13.7. The molecule has 0 aromatic heterocycles. The summed E-state index contributed by atoms with van der Waals surface area (Å²) in [5.74, 6) is -1.09. The van der Waals surface area contributed by atoms with Gasteiger partial charge in [0, 0.05) is 5.56 Å². The van der Waals surface area contributed by atoms with Crippen molar-refractivity contribution in [3.63, 3.8) is 0 Å². The molecule has 1 aliphatic rings. The number of amides is 1. The van der Waals surface area contributed by atoms with Gasteiger partial charge in [-0.15, -0.1) is 0 Å². The minimum Gasteiger partial charge on any atom is -0.268 e. The van der Waals surface area contributed by atoms with E-state index in [9.17, 15) is 22.4 Å². The summed E-state index contributed by atoms with van der Waals surface area (Å²) >= 11 is 6.03. The summed E-state index contributed by atoms with van der Waals surface area (Å²) in [5, 5.41) is 0. The molecule has 1 heterocycles. The maximum Gasteiger partial charge on any atom is 0.416 e. The van der Waals surface area contributed by atoms with Crippen LogP contribution in [0.1, 0.15) is 11.1 Å². The Balaban J connectivity index is 1.96. The molecule has 0 N–H and O–H groups in total. The molecule has 1 aliphatic heterocycles. The fraction of sp³-hybridized carbons (Fsp3) is 0.0588. The monoisotopic (exact) mass is 383 g/mol. The van der Waals surface area contributed by atoms with Gasteiger partial charge in [0.15, 0.2) is 4.32 Å². The zero-order valence-corrected chi connectivity index (χ0v) is 14.0. The van der Waals surface area contributed by atoms with Crippen LogP contribution in [0.2, 0.25) is 0 Å². The second-order valence-corrected chi connectivity index (χ2v) is 6.76. The SMILES string of the molecule is O=C1/C(=C\c2ccccc2F)SC(=S)N1c1cccc(C(F)(F)F)c1. The van der Waals surface area contributed by atoms with Crippen LogP contribution in [0, 0.1) is 5.82 Å². The zero-order valence-electron chi connectivity index (χ0n) is 12.4. The van der Waals surface area contributed by atoms with Gasteiger partial charge in [-0.3, -0.25) is 9.69 Å². The minimum absolute atomic E-state index is 0.0225. The normalized spacial score (nSPS) is 16.8. The molecule has 8 heteroatoms. The molecule has 1 saturated heterocycles. The summed E-state index contributed by atoms with van der Waals surface area (Å²) < 4.78 is 52.4. The first-order valence-corrected chi connectivity index (χ1v) is 8.19. The van der Waals surface area contributed by atoms with Crippen LogP contribution in [0.3, 0.4) is 0 Å². The lowest BCUT2D eigenvalue weighted by Crippen LogP contribution is -2.27. The van der Waals surface area contributed by atoms with Crippen LogP contribution in [0.4, 0.5) is 23.2 Å². The number of alkyl halides is 3. The average molecular weight is 383 g/mol. The molecule has 0 spiro atoms. The Morgan fingerprint density at radius 1 is 1.08 bits per heavy atom. The van der Waals surface area contributed by atoms with Gasteiger partial charge in [0.05, 0.1) is 16.2 Å². The average Bonchev–Trinajstić information content (AvgIpc) is 2.83. The van der Waals surface area contributed by atoms with Crippen LogP contribution in [-0.4, -0.2) is 10.2 Å². The number of anilines is 1. The van der Waals surface area contributed by atoms with Gasteiger partial charge in [-0.25, -0.2) is 4.39 Å². The van der Waals surface area contributed by atoms with Crippen molar-refractivity contribution in [1.29, 1.82) is 0 Å². The van der Waals surface area contributed by atoms with Crippen molar-refractivity contribution in [1.82, 2.24) is 0 Å². The van der Waals surface area contributed by atoms with Crippen molar-refractivity contribution in [3.05, 3.63) is 70.4 Å². The smallest absolute Gasteiger partial charge is 0.268 e. The highest BCUT2D eigenvalue weighted by Crippen LogP contribution is 2.38. The number of halogens is 4. The van der Waals surface area contributed by atoms with E-state index in [2.05, 4.69) is 0 Å². The molecule has 0 atom stereocenters. The van der Waals surface area contributed by atoms with E-state index in [0.717, 1.165) is 28.8 Å². The molecule has 128 valence electrons. The summed E-state index contributed by atoms with van der Waals surface area (Å²) in [6, 6.07) is 10.2. The second kappa shape index (κ2) is 6.61. The second-order valence-electron chi connectivity index (χ2n) is 5.09. The molecule has 2 aromatic carbocycles. The molecule has 2 nitrogen and oxygen atoms in total. The number of thioether (sulfide) groups is 1. The van der Waals surface area contributed by atoms with Gasteiger partial charge in [-0.1, -0.05) is 48.2 Å². The van der Waals surface area contributed by atoms with Crippen LogP contribution in [0.25, 0.3) is 6.08 Å². The topological polar surface area (TPSA) is 20.3 Å². The van der Waals surface area contributed by atoms with Crippen LogP contribution in [0.5, 0.6) is 0 Å². The quantitative estimate of drug-likeness (QED) is 0.401. The molecule has 1 fully saturated rings. The van der Waals surface area contributed by atoms with E-state index in [1.54, 1.807) is 6.07 Å². The van der Waals surface area contributed by atoms with Crippen LogP contribution < -0.4 is 4.90 Å². The molecule has 0 unspecified atom stereocenters. The molecule has 0 radical (unpaired) electrons. The summed E-state index contributed by atoms with van der Waals surface area (Å²) in [6.45, 7) is 0. The van der Waals surface area contributed by atoms with E-state index in [-0.39, 0.29) is 20.5 Å². The molecule has 3 rings (SSSR count). The number of carbonyl (C=O) groups excluding carboxylic acids is 1. The third kappa shape index (κ3) is 3.59. The summed E-state index contributed by atoms with van der Waals surface area (Å²) in [6.07, 6.45) is -3.19. The fourth-order valence-corrected chi connectivity index (χ4v) is 3.53. The Hall–Kier alpha value is -2.19. The maximum absolute atomic E-state index is 13.7. The third-order valence-electron chi connectivity index (χ3n) is 3.42. The number of carbonyl (C=O) groups is 1. The number of thiocarbonyl (C=S) groups is 1. The minimum atomic E-state index is -4.53. The summed E-state index contributed by atoms with van der Waals surface area (Å²) in [7, 11) is 0. The van der Waals surface area contributed by atoms with Gasteiger partial charge < -0.3 is 0 Å². The Kier molecular flexibility index (Phi) is 4.66. The number of hydrogen-bond donors (Lipinski definition) is 0. The van der Waals surface area contributed by atoms with E-state index in [4.69, 9.17) is 12.2 Å². The number of nitrogens with zero attached hydrogens (tertiary/aromatic N) is 1. The van der Waals surface area contributed by atoms with Gasteiger partial charge in [-0.05, 0) is 30.3 Å². The molecular formula is C17H9F4NOS2. The molecule has 0 aliphatic carbocycles. The highest BCUT2D eigenvalue weighted by atomic mass is 32.2. The predicted octanol–water partition coefficient (Wildman–Crippen LogP) is 5.25. The Morgan fingerprint density at radius 2 is 1.80 bits per heavy atom. The highest BCUT2D eigenvalue weighted by Gasteiger charge is 2.36. The summed E-state index contributed by atoms with van der Waals surface area (Å²) in [5.41, 5.74) is -0.654. The lowest BCUT2D eigenvalue weighted by molar-refractivity contribution is -0.137. The molecule has 0 saturated carbocycles. The highest BCUT2D eigenvalue weighted by molar-refractivity contribution is 8.27. The molecule has 25 heavy (non-hydrogen) atoms. The van der Waals surface area contributed by atoms with Gasteiger partial charge in [0.25, 0.3) is 5.91 Å². The third-order valence-corrected chi connectivity index (χ3v) is 4.72. The van der Waals surface area contributed by atoms with Gasteiger partial charge in [-0.2, -0.15) is 13.2 Å². The van der Waals surface area contributed by atoms with Crippen molar-refractivity contribution >= 4 is 46.0 Å². The molecular weight excluding hydrogens is 374 g/mol. The number of hydrogen-bond acceptors (Lipinski definition) is 3. The molecule has 2 aromatic rings. The van der Waals surface area contributed by atoms with Gasteiger partial charge >= 0.3 is 6.18 Å². The van der Waals surface area contributed by atoms with Crippen molar-refractivity contribution in [2.24, 2.45) is 0 Å². The lowest BCUT2D eigenvalue weighted by atomic mass is 10.1. The van der Waals surface area contributed by atoms with Crippen molar-refractivity contribution in [3.8, 4) is 0 Å². The van der Waals surface area contributed by atoms with Crippen molar-refractivity contribution < 1.29 is 22.4 Å². The van der Waals surface area contributed by atoms with Crippen LogP contribution >= 0.6 is 24.0 Å². The van der Waals surface area contributed by atoms with Gasteiger partial charge in [0.2, 0.25) is 0 Å². The largest absolute Gasteiger partial charge is 0.416 e. The first kappa shape index (κ1) is 17.6. The van der Waals surface area contributed by atoms with E-state index < -0.39 is 23.5 Å². The molecule has 0 bridgehead atoms. The van der Waals surface area contributed by atoms with E-state index in [1.165, 1.54) is 36.4 Å². The Morgan fingerprint density at radius 3 is 2.48 bits per heavy atom. The number of benzene rings is 2. The first-order valence-electron chi connectivity index (χ1n) is 6.97. The standard InChI is InChI=1S/C17H9F4NOS2/c18-13-7-2-1-4-10(13)8-14-15(23)22(16(24)25-14)12-6-3-5-11(9-12)17(19,20)21/h1-9H/b14-8+. The van der Waals surface area contributed by atoms with Crippen LogP contribution in [-0.2, 0) is 11.0 Å². The Bertz CT molecular complexity index is 892. The van der Waals surface area contributed by atoms with E-state index >= 15 is 0 Å². The lowest BCUT2D eigenvalue weighted by Gasteiger charge is -2.16. The fourth-order valence-electron chi connectivity index (χ4n) is 2.25. The van der Waals surface area contributed by atoms with E-state index in [1.807, 2.05) is 0 Å². The van der Waals surface area contributed by atoms with Crippen LogP contribution in [0.15, 0.2) is 53.4 Å². The van der Waals surface area contributed by atoms with Crippen molar-refractivity contribution in [2.45, 2.75) is 6.18 Å². The predicted molar refractivity (Wildman–Crippen MR) is 93.5 cm³/mol. The van der Waals surface area contributed by atoms with E-state index in [0.29, 0.717) is 0 Å². The summed E-state index contributed by atoms with van der Waals surface area (Å²) in [4.78, 5) is 13.7.